The molecule has 1 unspecified atom stereocenters. The number of nitro benzene ring substituents is 1. The van der Waals surface area contributed by atoms with E-state index in [4.69, 9.17) is 15.2 Å². The van der Waals surface area contributed by atoms with Crippen molar-refractivity contribution >= 4 is 11.7 Å². The second-order valence-electron chi connectivity index (χ2n) is 5.70. The predicted molar refractivity (Wildman–Crippen MR) is 87.6 cm³/mol. The number of nitrogens with two attached hydrogens (primary N) is 1. The van der Waals surface area contributed by atoms with Crippen molar-refractivity contribution in [3.8, 4) is 6.07 Å². The van der Waals surface area contributed by atoms with Crippen LogP contribution in [0.15, 0.2) is 47.1 Å². The molecule has 2 N–H and O–H groups in total. The van der Waals surface area contributed by atoms with Gasteiger partial charge in [0.2, 0.25) is 5.88 Å². The van der Waals surface area contributed by atoms with Gasteiger partial charge in [-0.1, -0.05) is 26.0 Å². The summed E-state index contributed by atoms with van der Waals surface area (Å²) in [7, 11) is 1.21. The Kier molecular flexibility index (Phi) is 5.08. The fraction of sp³-hybridized carbons (Fsp3) is 0.294. The van der Waals surface area contributed by atoms with Crippen LogP contribution in [0.4, 0.5) is 5.69 Å². The lowest BCUT2D eigenvalue weighted by molar-refractivity contribution is -0.384. The van der Waals surface area contributed by atoms with Crippen LogP contribution in [0.25, 0.3) is 0 Å². The summed E-state index contributed by atoms with van der Waals surface area (Å²) in [4.78, 5) is 22.9. The van der Waals surface area contributed by atoms with Gasteiger partial charge in [0.15, 0.2) is 0 Å². The van der Waals surface area contributed by atoms with Gasteiger partial charge >= 0.3 is 5.97 Å². The number of rotatable bonds is 4. The summed E-state index contributed by atoms with van der Waals surface area (Å²) in [5.41, 5.74) is 6.21. The molecular formula is C17H17N3O5. The fourth-order valence-electron chi connectivity index (χ4n) is 2.69. The standard InChI is InChI=1S/C17H17N3O5/c1-9(2)15-14(17(21)24-3)13(12(8-18)16(19)25-15)10-5-4-6-11(7-10)20(22)23/h4-7,9,13H,19H2,1-3H3. The van der Waals surface area contributed by atoms with E-state index in [0.29, 0.717) is 5.56 Å². The number of methoxy groups -OCH3 is 1. The maximum absolute atomic E-state index is 12.4. The number of nitrogens with zero attached hydrogens (tertiary/aromatic N) is 2. The summed E-state index contributed by atoms with van der Waals surface area (Å²) in [6.07, 6.45) is 0. The first kappa shape index (κ1) is 18.0. The quantitative estimate of drug-likeness (QED) is 0.505. The molecule has 1 aliphatic heterocycles. The van der Waals surface area contributed by atoms with Crippen molar-refractivity contribution in [3.05, 3.63) is 62.7 Å². The summed E-state index contributed by atoms with van der Waals surface area (Å²) >= 11 is 0. The van der Waals surface area contributed by atoms with E-state index in [9.17, 15) is 20.2 Å². The average Bonchev–Trinajstić information content (AvgIpc) is 2.59. The third-order valence-electron chi connectivity index (χ3n) is 3.79. The van der Waals surface area contributed by atoms with Crippen LogP contribution in [0.3, 0.4) is 0 Å². The Bertz CT molecular complexity index is 833. The zero-order valence-electron chi connectivity index (χ0n) is 14.0. The second kappa shape index (κ2) is 7.05. The van der Waals surface area contributed by atoms with Crippen LogP contribution in [-0.2, 0) is 14.3 Å². The van der Waals surface area contributed by atoms with E-state index in [1.165, 1.54) is 25.3 Å². The Morgan fingerprint density at radius 3 is 2.68 bits per heavy atom. The number of allylic oxidation sites excluding steroid dienone is 2. The van der Waals surface area contributed by atoms with E-state index in [0.717, 1.165) is 0 Å². The van der Waals surface area contributed by atoms with Crippen LogP contribution in [0.2, 0.25) is 0 Å². The van der Waals surface area contributed by atoms with Gasteiger partial charge in [0.05, 0.1) is 23.5 Å². The lowest BCUT2D eigenvalue weighted by atomic mass is 9.81. The molecule has 1 aliphatic rings. The highest BCUT2D eigenvalue weighted by Crippen LogP contribution is 2.42. The van der Waals surface area contributed by atoms with Gasteiger partial charge in [0.1, 0.15) is 17.4 Å². The molecule has 130 valence electrons. The Hall–Kier alpha value is -3.34. The average molecular weight is 343 g/mol. The van der Waals surface area contributed by atoms with Crippen molar-refractivity contribution in [1.82, 2.24) is 0 Å². The summed E-state index contributed by atoms with van der Waals surface area (Å²) in [5.74, 6) is -1.65. The monoisotopic (exact) mass is 343 g/mol. The summed E-state index contributed by atoms with van der Waals surface area (Å²) < 4.78 is 10.3. The van der Waals surface area contributed by atoms with Gasteiger partial charge in [-0.3, -0.25) is 10.1 Å². The van der Waals surface area contributed by atoms with Crippen LogP contribution in [-0.4, -0.2) is 18.0 Å². The molecule has 1 atom stereocenters. The first-order chi connectivity index (χ1) is 11.8. The minimum atomic E-state index is -0.900. The third kappa shape index (κ3) is 3.30. The zero-order valence-corrected chi connectivity index (χ0v) is 14.0. The molecule has 25 heavy (non-hydrogen) atoms. The van der Waals surface area contributed by atoms with Crippen LogP contribution < -0.4 is 5.73 Å². The number of carbonyl (C=O) groups is 1. The smallest absolute Gasteiger partial charge is 0.338 e. The number of carbonyl (C=O) groups excluding carboxylic acids is 1. The third-order valence-corrected chi connectivity index (χ3v) is 3.79. The molecule has 1 aromatic carbocycles. The molecule has 0 fully saturated rings. The molecule has 1 heterocycles. The molecule has 0 bridgehead atoms. The number of hydrogen-bond donors (Lipinski definition) is 1. The maximum Gasteiger partial charge on any atom is 0.338 e. The molecule has 0 aliphatic carbocycles. The highest BCUT2D eigenvalue weighted by atomic mass is 16.6. The van der Waals surface area contributed by atoms with Crippen LogP contribution >= 0.6 is 0 Å². The number of ether oxygens (including phenoxy) is 2. The van der Waals surface area contributed by atoms with Crippen LogP contribution in [0.1, 0.15) is 25.3 Å². The van der Waals surface area contributed by atoms with Crippen LogP contribution in [0, 0.1) is 27.4 Å². The van der Waals surface area contributed by atoms with Gasteiger partial charge in [-0.05, 0) is 5.56 Å². The highest BCUT2D eigenvalue weighted by Gasteiger charge is 2.38. The number of non-ortho nitro benzene ring substituents is 1. The first-order valence-corrected chi connectivity index (χ1v) is 7.46. The summed E-state index contributed by atoms with van der Waals surface area (Å²) in [6, 6.07) is 7.65. The number of benzene rings is 1. The van der Waals surface area contributed by atoms with E-state index < -0.39 is 16.8 Å². The second-order valence-corrected chi connectivity index (χ2v) is 5.70. The molecule has 0 aromatic heterocycles. The molecular weight excluding hydrogens is 326 g/mol. The maximum atomic E-state index is 12.4. The van der Waals surface area contributed by atoms with Gasteiger partial charge in [-0.25, -0.2) is 4.79 Å². The topological polar surface area (TPSA) is 128 Å². The fourth-order valence-corrected chi connectivity index (χ4v) is 2.69. The molecule has 1 aromatic rings. The Labute approximate surface area is 144 Å². The van der Waals surface area contributed by atoms with Crippen molar-refractivity contribution < 1.29 is 19.2 Å². The minimum absolute atomic E-state index is 0.00491. The van der Waals surface area contributed by atoms with Gasteiger partial charge < -0.3 is 15.2 Å². The predicted octanol–water partition coefficient (Wildman–Crippen LogP) is 2.49. The first-order valence-electron chi connectivity index (χ1n) is 7.46. The number of hydrogen-bond acceptors (Lipinski definition) is 7. The van der Waals surface area contributed by atoms with Crippen molar-refractivity contribution in [2.75, 3.05) is 7.11 Å². The Balaban J connectivity index is 2.76. The lowest BCUT2D eigenvalue weighted by Crippen LogP contribution is -2.27. The molecule has 2 rings (SSSR count). The van der Waals surface area contributed by atoms with Gasteiger partial charge in [0.25, 0.3) is 5.69 Å². The molecule has 0 amide bonds. The highest BCUT2D eigenvalue weighted by molar-refractivity contribution is 5.92. The van der Waals surface area contributed by atoms with Crippen molar-refractivity contribution in [2.24, 2.45) is 11.7 Å². The molecule has 8 heteroatoms. The Morgan fingerprint density at radius 2 is 2.16 bits per heavy atom. The Morgan fingerprint density at radius 1 is 1.48 bits per heavy atom. The van der Waals surface area contributed by atoms with Crippen molar-refractivity contribution in [1.29, 1.82) is 5.26 Å². The van der Waals surface area contributed by atoms with Gasteiger partial charge in [-0.15, -0.1) is 0 Å². The molecule has 0 saturated heterocycles. The molecule has 0 spiro atoms. The van der Waals surface area contributed by atoms with E-state index in [1.54, 1.807) is 19.9 Å². The minimum Gasteiger partial charge on any atom is -0.466 e. The van der Waals surface area contributed by atoms with E-state index in [-0.39, 0.29) is 34.4 Å². The largest absolute Gasteiger partial charge is 0.466 e. The molecule has 0 radical (unpaired) electrons. The molecule has 0 saturated carbocycles. The number of nitro groups is 1. The van der Waals surface area contributed by atoms with Crippen molar-refractivity contribution in [3.63, 3.8) is 0 Å². The van der Waals surface area contributed by atoms with Crippen molar-refractivity contribution in [2.45, 2.75) is 19.8 Å². The summed E-state index contributed by atoms with van der Waals surface area (Å²) in [5, 5.41) is 20.6. The SMILES string of the molecule is COC(=O)C1=C(C(C)C)OC(N)=C(C#N)C1c1cccc([N+](=O)[O-])c1. The number of nitriles is 1. The lowest BCUT2D eigenvalue weighted by Gasteiger charge is -2.29. The zero-order chi connectivity index (χ0) is 18.7. The number of esters is 1. The summed E-state index contributed by atoms with van der Waals surface area (Å²) in [6.45, 7) is 3.60. The normalized spacial score (nSPS) is 17.2. The van der Waals surface area contributed by atoms with Gasteiger partial charge in [0, 0.05) is 18.1 Å². The van der Waals surface area contributed by atoms with E-state index >= 15 is 0 Å². The molecule has 8 nitrogen and oxygen atoms in total. The van der Waals surface area contributed by atoms with Gasteiger partial charge in [-0.2, -0.15) is 5.26 Å². The van der Waals surface area contributed by atoms with Crippen LogP contribution in [0.5, 0.6) is 0 Å². The van der Waals surface area contributed by atoms with E-state index in [2.05, 4.69) is 0 Å². The van der Waals surface area contributed by atoms with E-state index in [1.807, 2.05) is 6.07 Å².